The fraction of sp³-hybridized carbons (Fsp3) is 0.133. The van der Waals surface area contributed by atoms with E-state index in [2.05, 4.69) is 15.9 Å². The van der Waals surface area contributed by atoms with Gasteiger partial charge in [0.15, 0.2) is 5.60 Å². The average molecular weight is 390 g/mol. The molecule has 0 aliphatic rings. The zero-order valence-electron chi connectivity index (χ0n) is 11.1. The van der Waals surface area contributed by atoms with Crippen LogP contribution in [-0.2, 0) is 16.8 Å². The molecular formula is C15H11BrClFO4. The molecule has 0 aliphatic carbocycles. The zero-order chi connectivity index (χ0) is 16.5. The molecule has 1 atom stereocenters. The Morgan fingerprint density at radius 2 is 1.91 bits per heavy atom. The first-order valence-corrected chi connectivity index (χ1v) is 7.31. The first-order chi connectivity index (χ1) is 10.3. The van der Waals surface area contributed by atoms with Crippen molar-refractivity contribution in [3.8, 4) is 5.75 Å². The molecule has 0 heterocycles. The quantitative estimate of drug-likeness (QED) is 0.748. The van der Waals surface area contributed by atoms with Gasteiger partial charge in [-0.25, -0.2) is 9.18 Å². The second-order valence-corrected chi connectivity index (χ2v) is 5.88. The number of benzene rings is 2. The second-order valence-electron chi connectivity index (χ2n) is 4.68. The van der Waals surface area contributed by atoms with Crippen LogP contribution in [0, 0.1) is 5.82 Å². The van der Waals surface area contributed by atoms with Crippen molar-refractivity contribution < 1.29 is 24.5 Å². The lowest BCUT2D eigenvalue weighted by atomic mass is 9.86. The average Bonchev–Trinajstić information content (AvgIpc) is 2.47. The van der Waals surface area contributed by atoms with Crippen molar-refractivity contribution in [2.45, 2.75) is 12.0 Å². The summed E-state index contributed by atoms with van der Waals surface area (Å²) in [5, 5.41) is 30.0. The number of hydrogen-bond donors (Lipinski definition) is 3. The molecule has 7 heteroatoms. The topological polar surface area (TPSA) is 77.8 Å². The minimum atomic E-state index is -2.55. The number of rotatable bonds is 4. The van der Waals surface area contributed by atoms with Gasteiger partial charge >= 0.3 is 5.97 Å². The highest BCUT2D eigenvalue weighted by Crippen LogP contribution is 2.38. The Kier molecular flexibility index (Phi) is 4.75. The molecule has 0 bridgehead atoms. The normalized spacial score (nSPS) is 13.6. The Bertz CT molecular complexity index is 737. The van der Waals surface area contributed by atoms with Crippen molar-refractivity contribution >= 4 is 33.5 Å². The minimum absolute atomic E-state index is 0.0700. The third-order valence-electron chi connectivity index (χ3n) is 3.28. The Morgan fingerprint density at radius 1 is 1.27 bits per heavy atom. The number of carboxylic acids is 1. The minimum Gasteiger partial charge on any atom is -0.508 e. The fourth-order valence-electron chi connectivity index (χ4n) is 2.09. The van der Waals surface area contributed by atoms with Crippen molar-refractivity contribution in [3.05, 3.63) is 62.8 Å². The molecule has 0 saturated heterocycles. The molecule has 0 aromatic heterocycles. The maximum atomic E-state index is 13.9. The van der Waals surface area contributed by atoms with Gasteiger partial charge in [-0.2, -0.15) is 0 Å². The summed E-state index contributed by atoms with van der Waals surface area (Å²) in [4.78, 5) is 11.5. The summed E-state index contributed by atoms with van der Waals surface area (Å²) in [6, 6.07) is 7.71. The van der Waals surface area contributed by atoms with Crippen LogP contribution in [0.25, 0.3) is 0 Å². The van der Waals surface area contributed by atoms with Gasteiger partial charge in [0, 0.05) is 22.0 Å². The summed E-state index contributed by atoms with van der Waals surface area (Å²) in [5.74, 6) is -2.75. The Hall–Kier alpha value is -1.63. The van der Waals surface area contributed by atoms with E-state index < -0.39 is 29.4 Å². The molecule has 2 rings (SSSR count). The Balaban J connectivity index is 2.58. The van der Waals surface area contributed by atoms with Gasteiger partial charge in [0.2, 0.25) is 0 Å². The van der Waals surface area contributed by atoms with E-state index in [9.17, 15) is 24.5 Å². The third kappa shape index (κ3) is 2.95. The molecule has 2 aromatic rings. The molecule has 22 heavy (non-hydrogen) atoms. The van der Waals surface area contributed by atoms with Crippen LogP contribution >= 0.6 is 27.5 Å². The van der Waals surface area contributed by atoms with Gasteiger partial charge in [0.1, 0.15) is 11.6 Å². The fourth-order valence-corrected chi connectivity index (χ4v) is 2.74. The number of carbonyl (C=O) groups is 1. The standard InChI is InChI=1S/C15H11BrClFO4/c16-13-8(12(19)6-5-10(13)17)7-15(22,14(20)21)9-3-1-2-4-11(9)18/h1-6,19,22H,7H2,(H,20,21)/t15-/m1/s1. The molecule has 0 fully saturated rings. The van der Waals surface area contributed by atoms with Crippen molar-refractivity contribution in [1.29, 1.82) is 0 Å². The van der Waals surface area contributed by atoms with E-state index in [1.54, 1.807) is 0 Å². The highest BCUT2D eigenvalue weighted by atomic mass is 79.9. The predicted octanol–water partition coefficient (Wildman–Crippen LogP) is 3.46. The van der Waals surface area contributed by atoms with E-state index >= 15 is 0 Å². The summed E-state index contributed by atoms with van der Waals surface area (Å²) >= 11 is 9.04. The summed E-state index contributed by atoms with van der Waals surface area (Å²) in [6.07, 6.45) is -0.559. The predicted molar refractivity (Wildman–Crippen MR) is 82.5 cm³/mol. The molecule has 0 aliphatic heterocycles. The van der Waals surface area contributed by atoms with Crippen molar-refractivity contribution in [1.82, 2.24) is 0 Å². The molecule has 0 amide bonds. The molecule has 0 saturated carbocycles. The molecule has 4 nitrogen and oxygen atoms in total. The van der Waals surface area contributed by atoms with E-state index in [0.29, 0.717) is 0 Å². The third-order valence-corrected chi connectivity index (χ3v) is 4.73. The second kappa shape index (κ2) is 6.24. The number of phenols is 1. The van der Waals surface area contributed by atoms with Crippen LogP contribution in [0.5, 0.6) is 5.75 Å². The van der Waals surface area contributed by atoms with E-state index in [-0.39, 0.29) is 20.8 Å². The van der Waals surface area contributed by atoms with Gasteiger partial charge in [-0.05, 0) is 34.1 Å². The van der Waals surface area contributed by atoms with Gasteiger partial charge < -0.3 is 15.3 Å². The molecule has 0 unspecified atom stereocenters. The highest BCUT2D eigenvalue weighted by Gasteiger charge is 2.41. The monoisotopic (exact) mass is 388 g/mol. The van der Waals surface area contributed by atoms with Crippen molar-refractivity contribution in [2.75, 3.05) is 0 Å². The van der Waals surface area contributed by atoms with Gasteiger partial charge in [-0.15, -0.1) is 0 Å². The lowest BCUT2D eigenvalue weighted by Gasteiger charge is -2.25. The van der Waals surface area contributed by atoms with Crippen LogP contribution < -0.4 is 0 Å². The molecular weight excluding hydrogens is 379 g/mol. The maximum absolute atomic E-state index is 13.9. The van der Waals surface area contributed by atoms with E-state index in [0.717, 1.165) is 6.07 Å². The number of carboxylic acid groups (broad SMARTS) is 1. The number of aliphatic carboxylic acids is 1. The highest BCUT2D eigenvalue weighted by molar-refractivity contribution is 9.10. The van der Waals surface area contributed by atoms with Gasteiger partial charge in [0.25, 0.3) is 0 Å². The van der Waals surface area contributed by atoms with Crippen molar-refractivity contribution in [3.63, 3.8) is 0 Å². The molecule has 2 aromatic carbocycles. The first kappa shape index (κ1) is 16.7. The maximum Gasteiger partial charge on any atom is 0.340 e. The number of phenolic OH excluding ortho intramolecular Hbond substituents is 1. The smallest absolute Gasteiger partial charge is 0.340 e. The van der Waals surface area contributed by atoms with Crippen LogP contribution in [0.15, 0.2) is 40.9 Å². The lowest BCUT2D eigenvalue weighted by Crippen LogP contribution is -2.39. The molecule has 0 radical (unpaired) electrons. The number of hydrogen-bond acceptors (Lipinski definition) is 3. The molecule has 0 spiro atoms. The Morgan fingerprint density at radius 3 is 2.50 bits per heavy atom. The van der Waals surface area contributed by atoms with Gasteiger partial charge in [-0.1, -0.05) is 29.8 Å². The summed E-state index contributed by atoms with van der Waals surface area (Å²) in [5.41, 5.74) is -2.87. The molecule has 116 valence electrons. The van der Waals surface area contributed by atoms with E-state index in [1.807, 2.05) is 0 Å². The first-order valence-electron chi connectivity index (χ1n) is 6.14. The SMILES string of the molecule is O=C(O)[C@@](O)(Cc1c(O)ccc(Cl)c1Br)c1ccccc1F. The van der Waals surface area contributed by atoms with E-state index in [1.165, 1.54) is 30.3 Å². The number of halogens is 3. The van der Waals surface area contributed by atoms with Gasteiger partial charge in [-0.3, -0.25) is 0 Å². The summed E-state index contributed by atoms with van der Waals surface area (Å²) in [6.45, 7) is 0. The summed E-state index contributed by atoms with van der Waals surface area (Å²) < 4.78 is 14.1. The molecule has 3 N–H and O–H groups in total. The summed E-state index contributed by atoms with van der Waals surface area (Å²) in [7, 11) is 0. The Labute approximate surface area is 138 Å². The largest absolute Gasteiger partial charge is 0.508 e. The number of aliphatic hydroxyl groups is 1. The van der Waals surface area contributed by atoms with Crippen LogP contribution in [0.1, 0.15) is 11.1 Å². The van der Waals surface area contributed by atoms with Crippen LogP contribution in [0.2, 0.25) is 5.02 Å². The van der Waals surface area contributed by atoms with Crippen LogP contribution in [0.3, 0.4) is 0 Å². The van der Waals surface area contributed by atoms with Crippen LogP contribution in [0.4, 0.5) is 4.39 Å². The zero-order valence-corrected chi connectivity index (χ0v) is 13.4. The lowest BCUT2D eigenvalue weighted by molar-refractivity contribution is -0.160. The van der Waals surface area contributed by atoms with Crippen LogP contribution in [-0.4, -0.2) is 21.3 Å². The van der Waals surface area contributed by atoms with E-state index in [4.69, 9.17) is 11.6 Å². The number of aromatic hydroxyl groups is 1. The van der Waals surface area contributed by atoms with Crippen molar-refractivity contribution in [2.24, 2.45) is 0 Å². The van der Waals surface area contributed by atoms with Gasteiger partial charge in [0.05, 0.1) is 5.02 Å².